The van der Waals surface area contributed by atoms with E-state index in [0.29, 0.717) is 0 Å². The van der Waals surface area contributed by atoms with Crippen LogP contribution in [0.3, 0.4) is 0 Å². The van der Waals surface area contributed by atoms with Gasteiger partial charge in [-0.3, -0.25) is 0 Å². The molecule has 0 unspecified atom stereocenters. The Morgan fingerprint density at radius 3 is 2.53 bits per heavy atom. The number of anilines is 1. The molecular formula is C16H26N2O. The summed E-state index contributed by atoms with van der Waals surface area (Å²) in [6.07, 6.45) is 5.46. The van der Waals surface area contributed by atoms with Gasteiger partial charge in [0.05, 0.1) is 6.61 Å². The van der Waals surface area contributed by atoms with Crippen LogP contribution in [-0.2, 0) is 11.3 Å². The summed E-state index contributed by atoms with van der Waals surface area (Å²) in [4.78, 5) is 2.44. The predicted molar refractivity (Wildman–Crippen MR) is 80.7 cm³/mol. The fourth-order valence-electron chi connectivity index (χ4n) is 2.76. The molecule has 0 heterocycles. The highest BCUT2D eigenvalue weighted by Gasteiger charge is 2.19. The molecule has 0 aliphatic heterocycles. The number of rotatable bonds is 7. The highest BCUT2D eigenvalue weighted by molar-refractivity contribution is 5.48. The van der Waals surface area contributed by atoms with Crippen molar-refractivity contribution in [1.29, 1.82) is 0 Å². The molecule has 19 heavy (non-hydrogen) atoms. The van der Waals surface area contributed by atoms with Gasteiger partial charge < -0.3 is 15.0 Å². The first-order chi connectivity index (χ1) is 9.31. The Morgan fingerprint density at radius 2 is 1.89 bits per heavy atom. The van der Waals surface area contributed by atoms with Crippen LogP contribution in [0.2, 0.25) is 0 Å². The Balaban J connectivity index is 1.83. The van der Waals surface area contributed by atoms with Crippen LogP contribution in [0.1, 0.15) is 31.2 Å². The van der Waals surface area contributed by atoms with E-state index in [1.807, 2.05) is 0 Å². The van der Waals surface area contributed by atoms with Crippen LogP contribution in [0.5, 0.6) is 0 Å². The first-order valence-corrected chi connectivity index (χ1v) is 7.32. The van der Waals surface area contributed by atoms with Crippen LogP contribution in [0.15, 0.2) is 24.3 Å². The van der Waals surface area contributed by atoms with Crippen molar-refractivity contribution < 1.29 is 4.74 Å². The summed E-state index contributed by atoms with van der Waals surface area (Å²) in [6, 6.07) is 9.67. The summed E-state index contributed by atoms with van der Waals surface area (Å²) in [5.74, 6) is 0. The fraction of sp³-hybridized carbons (Fsp3) is 0.625. The molecule has 106 valence electrons. The molecule has 0 aromatic heterocycles. The van der Waals surface area contributed by atoms with Crippen LogP contribution >= 0.6 is 0 Å². The summed E-state index contributed by atoms with van der Waals surface area (Å²) in [6.45, 7) is 2.58. The highest BCUT2D eigenvalue weighted by atomic mass is 16.5. The van der Waals surface area contributed by atoms with Gasteiger partial charge in [0.15, 0.2) is 0 Å². The van der Waals surface area contributed by atoms with E-state index in [4.69, 9.17) is 4.74 Å². The molecule has 3 nitrogen and oxygen atoms in total. The molecule has 0 spiro atoms. The average molecular weight is 262 g/mol. The molecule has 1 aromatic rings. The van der Waals surface area contributed by atoms with Crippen LogP contribution in [0.25, 0.3) is 0 Å². The lowest BCUT2D eigenvalue weighted by atomic mass is 10.1. The Morgan fingerprint density at radius 1 is 1.21 bits per heavy atom. The second-order valence-corrected chi connectivity index (χ2v) is 5.39. The van der Waals surface area contributed by atoms with Crippen molar-refractivity contribution >= 4 is 5.69 Å². The lowest BCUT2D eigenvalue weighted by Crippen LogP contribution is -2.28. The van der Waals surface area contributed by atoms with Crippen molar-refractivity contribution in [1.82, 2.24) is 5.32 Å². The molecule has 1 saturated carbocycles. The molecule has 1 aromatic carbocycles. The maximum Gasteiger partial charge on any atom is 0.0587 e. The molecule has 1 aliphatic rings. The SMILES string of the molecule is COCCNCc1ccc(N(C)C2CCCC2)cc1. The normalized spacial score (nSPS) is 15.9. The molecule has 0 atom stereocenters. The van der Waals surface area contributed by atoms with Crippen molar-refractivity contribution in [2.75, 3.05) is 32.2 Å². The quantitative estimate of drug-likeness (QED) is 0.765. The van der Waals surface area contributed by atoms with Crippen LogP contribution in [-0.4, -0.2) is 33.4 Å². The molecular weight excluding hydrogens is 236 g/mol. The highest BCUT2D eigenvalue weighted by Crippen LogP contribution is 2.26. The molecule has 1 fully saturated rings. The minimum Gasteiger partial charge on any atom is -0.383 e. The zero-order chi connectivity index (χ0) is 13.5. The smallest absolute Gasteiger partial charge is 0.0587 e. The summed E-state index contributed by atoms with van der Waals surface area (Å²) in [5, 5.41) is 3.37. The third-order valence-electron chi connectivity index (χ3n) is 4.03. The number of benzene rings is 1. The van der Waals surface area contributed by atoms with Crippen molar-refractivity contribution in [3.05, 3.63) is 29.8 Å². The second kappa shape index (κ2) is 7.51. The Kier molecular flexibility index (Phi) is 5.67. The van der Waals surface area contributed by atoms with E-state index < -0.39 is 0 Å². The number of nitrogens with zero attached hydrogens (tertiary/aromatic N) is 1. The van der Waals surface area contributed by atoms with E-state index in [1.165, 1.54) is 36.9 Å². The lowest BCUT2D eigenvalue weighted by Gasteiger charge is -2.26. The van der Waals surface area contributed by atoms with E-state index in [0.717, 1.165) is 25.7 Å². The Bertz CT molecular complexity index is 358. The van der Waals surface area contributed by atoms with Gasteiger partial charge in [-0.2, -0.15) is 0 Å². The second-order valence-electron chi connectivity index (χ2n) is 5.39. The molecule has 0 bridgehead atoms. The predicted octanol–water partition coefficient (Wildman–Crippen LogP) is 2.80. The van der Waals surface area contributed by atoms with Gasteiger partial charge >= 0.3 is 0 Å². The van der Waals surface area contributed by atoms with E-state index in [2.05, 4.69) is 41.5 Å². The minimum atomic E-state index is 0.741. The number of hydrogen-bond donors (Lipinski definition) is 1. The van der Waals surface area contributed by atoms with Crippen LogP contribution in [0, 0.1) is 0 Å². The Labute approximate surface area is 116 Å². The summed E-state index contributed by atoms with van der Waals surface area (Å²) >= 11 is 0. The van der Waals surface area contributed by atoms with Gasteiger partial charge in [0.2, 0.25) is 0 Å². The number of nitrogens with one attached hydrogen (secondary N) is 1. The van der Waals surface area contributed by atoms with Crippen molar-refractivity contribution in [2.45, 2.75) is 38.3 Å². The van der Waals surface area contributed by atoms with Crippen molar-refractivity contribution in [2.24, 2.45) is 0 Å². The van der Waals surface area contributed by atoms with Gasteiger partial charge in [-0.05, 0) is 30.5 Å². The van der Waals surface area contributed by atoms with Gasteiger partial charge in [0.25, 0.3) is 0 Å². The van der Waals surface area contributed by atoms with Gasteiger partial charge in [0.1, 0.15) is 0 Å². The van der Waals surface area contributed by atoms with Crippen molar-refractivity contribution in [3.63, 3.8) is 0 Å². The first kappa shape index (κ1) is 14.4. The van der Waals surface area contributed by atoms with E-state index in [-0.39, 0.29) is 0 Å². The summed E-state index contributed by atoms with van der Waals surface area (Å²) in [5.41, 5.74) is 2.67. The molecule has 3 heteroatoms. The van der Waals surface area contributed by atoms with Gasteiger partial charge in [-0.25, -0.2) is 0 Å². The molecule has 0 amide bonds. The summed E-state index contributed by atoms with van der Waals surface area (Å²) < 4.78 is 5.02. The lowest BCUT2D eigenvalue weighted by molar-refractivity contribution is 0.199. The van der Waals surface area contributed by atoms with Gasteiger partial charge in [0, 0.05) is 39.0 Å². The van der Waals surface area contributed by atoms with Gasteiger partial charge in [-0.15, -0.1) is 0 Å². The molecule has 1 N–H and O–H groups in total. The fourth-order valence-corrected chi connectivity index (χ4v) is 2.76. The maximum absolute atomic E-state index is 5.02. The van der Waals surface area contributed by atoms with Crippen molar-refractivity contribution in [3.8, 4) is 0 Å². The largest absolute Gasteiger partial charge is 0.383 e. The third kappa shape index (κ3) is 4.22. The zero-order valence-corrected chi connectivity index (χ0v) is 12.2. The monoisotopic (exact) mass is 262 g/mol. The van der Waals surface area contributed by atoms with Crippen LogP contribution < -0.4 is 10.2 Å². The third-order valence-corrected chi connectivity index (χ3v) is 4.03. The molecule has 2 rings (SSSR count). The maximum atomic E-state index is 5.02. The summed E-state index contributed by atoms with van der Waals surface area (Å²) in [7, 11) is 3.96. The first-order valence-electron chi connectivity index (χ1n) is 7.32. The topological polar surface area (TPSA) is 24.5 Å². The number of methoxy groups -OCH3 is 1. The average Bonchev–Trinajstić information content (AvgIpc) is 2.98. The minimum absolute atomic E-state index is 0.741. The molecule has 1 aliphatic carbocycles. The standard InChI is InChI=1S/C16H26N2O/c1-18(15-5-3-4-6-15)16-9-7-14(8-10-16)13-17-11-12-19-2/h7-10,15,17H,3-6,11-13H2,1-2H3. The van der Waals surface area contributed by atoms with Gasteiger partial charge in [-0.1, -0.05) is 25.0 Å². The molecule has 0 radical (unpaired) electrons. The van der Waals surface area contributed by atoms with Crippen LogP contribution in [0.4, 0.5) is 5.69 Å². The zero-order valence-electron chi connectivity index (χ0n) is 12.2. The number of ether oxygens (including phenoxy) is 1. The van der Waals surface area contributed by atoms with E-state index in [1.54, 1.807) is 7.11 Å². The Hall–Kier alpha value is -1.06. The number of hydrogen-bond acceptors (Lipinski definition) is 3. The molecule has 0 saturated heterocycles. The van der Waals surface area contributed by atoms with E-state index in [9.17, 15) is 0 Å². The van der Waals surface area contributed by atoms with E-state index >= 15 is 0 Å².